The van der Waals surface area contributed by atoms with Crippen LogP contribution in [0.5, 0.6) is 0 Å². The van der Waals surface area contributed by atoms with E-state index >= 15 is 0 Å². The van der Waals surface area contributed by atoms with Crippen LogP contribution in [0.25, 0.3) is 0 Å². The number of ether oxygens (including phenoxy) is 4. The molecule has 0 aromatic rings. The molecule has 0 unspecified atom stereocenters. The molecule has 0 aromatic heterocycles. The lowest BCUT2D eigenvalue weighted by Gasteiger charge is -2.28. The average molecular weight is 242 g/mol. The minimum atomic E-state index is -0.565. The number of epoxide rings is 1. The number of rotatable bonds is 2. The summed E-state index contributed by atoms with van der Waals surface area (Å²) in [6.45, 7) is 5.63. The molecule has 17 heavy (non-hydrogen) atoms. The Morgan fingerprint density at radius 2 is 2.00 bits per heavy atom. The van der Waals surface area contributed by atoms with Crippen molar-refractivity contribution in [1.29, 1.82) is 0 Å². The minimum Gasteiger partial charge on any atom is -0.465 e. The topological polar surface area (TPSA) is 57.3 Å². The van der Waals surface area contributed by atoms with Crippen LogP contribution >= 0.6 is 0 Å². The van der Waals surface area contributed by atoms with Crippen LogP contribution in [0.4, 0.5) is 0 Å². The van der Waals surface area contributed by atoms with Crippen LogP contribution in [0.2, 0.25) is 0 Å². The van der Waals surface area contributed by atoms with Crippen LogP contribution in [0.3, 0.4) is 0 Å². The van der Waals surface area contributed by atoms with Gasteiger partial charge in [0, 0.05) is 12.8 Å². The predicted octanol–water partition coefficient (Wildman–Crippen LogP) is 0.857. The van der Waals surface area contributed by atoms with Gasteiger partial charge in [-0.2, -0.15) is 0 Å². The molecule has 0 N–H and O–H groups in total. The van der Waals surface area contributed by atoms with Gasteiger partial charge >= 0.3 is 5.97 Å². The van der Waals surface area contributed by atoms with E-state index in [4.69, 9.17) is 18.9 Å². The highest BCUT2D eigenvalue weighted by Crippen LogP contribution is 2.48. The predicted molar refractivity (Wildman–Crippen MR) is 57.2 cm³/mol. The van der Waals surface area contributed by atoms with Crippen molar-refractivity contribution in [3.63, 3.8) is 0 Å². The molecule has 5 heteroatoms. The summed E-state index contributed by atoms with van der Waals surface area (Å²) < 4.78 is 22.4. The Labute approximate surface area is 100 Å². The molecule has 5 atom stereocenters. The van der Waals surface area contributed by atoms with E-state index in [1.54, 1.807) is 0 Å². The van der Waals surface area contributed by atoms with Crippen LogP contribution in [0.15, 0.2) is 0 Å². The zero-order valence-electron chi connectivity index (χ0n) is 10.3. The van der Waals surface area contributed by atoms with Crippen molar-refractivity contribution in [1.82, 2.24) is 0 Å². The average Bonchev–Trinajstić information content (AvgIpc) is 2.90. The number of hydrogen-bond acceptors (Lipinski definition) is 5. The van der Waals surface area contributed by atoms with Gasteiger partial charge in [-0.15, -0.1) is 0 Å². The molecular formula is C12H18O5. The summed E-state index contributed by atoms with van der Waals surface area (Å²) in [5.74, 6) is -0.641. The maximum atomic E-state index is 10.9. The normalized spacial score (nSPS) is 45.9. The fraction of sp³-hybridized carbons (Fsp3) is 0.917. The molecule has 5 nitrogen and oxygen atoms in total. The molecule has 0 spiro atoms. The number of esters is 1. The summed E-state index contributed by atoms with van der Waals surface area (Å²) in [7, 11) is 0. The third-order valence-corrected chi connectivity index (χ3v) is 3.61. The van der Waals surface area contributed by atoms with E-state index in [-0.39, 0.29) is 36.3 Å². The van der Waals surface area contributed by atoms with Crippen molar-refractivity contribution in [2.45, 2.75) is 57.4 Å². The lowest BCUT2D eigenvalue weighted by atomic mass is 9.85. The van der Waals surface area contributed by atoms with Gasteiger partial charge in [0.1, 0.15) is 12.2 Å². The highest BCUT2D eigenvalue weighted by Gasteiger charge is 2.61. The smallest absolute Gasteiger partial charge is 0.302 e. The van der Waals surface area contributed by atoms with Crippen LogP contribution in [0.1, 0.15) is 27.2 Å². The first kappa shape index (κ1) is 11.4. The van der Waals surface area contributed by atoms with Crippen LogP contribution < -0.4 is 0 Å². The molecule has 3 rings (SSSR count). The fourth-order valence-corrected chi connectivity index (χ4v) is 2.89. The molecule has 2 heterocycles. The van der Waals surface area contributed by atoms with Crippen molar-refractivity contribution < 1.29 is 23.7 Å². The summed E-state index contributed by atoms with van der Waals surface area (Å²) in [4.78, 5) is 10.9. The van der Waals surface area contributed by atoms with Gasteiger partial charge in [-0.25, -0.2) is 0 Å². The van der Waals surface area contributed by atoms with E-state index in [9.17, 15) is 4.79 Å². The van der Waals surface area contributed by atoms with Gasteiger partial charge in [0.25, 0.3) is 0 Å². The Kier molecular flexibility index (Phi) is 2.47. The van der Waals surface area contributed by atoms with Crippen molar-refractivity contribution in [3.05, 3.63) is 0 Å². The Hall–Kier alpha value is -0.650. The molecule has 3 fully saturated rings. The van der Waals surface area contributed by atoms with E-state index in [2.05, 4.69) is 0 Å². The van der Waals surface area contributed by atoms with E-state index in [0.717, 1.165) is 6.42 Å². The van der Waals surface area contributed by atoms with Gasteiger partial charge in [-0.05, 0) is 20.3 Å². The molecule has 0 aromatic carbocycles. The molecule has 0 amide bonds. The number of carbonyl (C=O) groups is 1. The van der Waals surface area contributed by atoms with E-state index in [1.165, 1.54) is 6.92 Å². The second-order valence-corrected chi connectivity index (χ2v) is 5.50. The van der Waals surface area contributed by atoms with Crippen LogP contribution in [-0.4, -0.2) is 42.8 Å². The van der Waals surface area contributed by atoms with Gasteiger partial charge in [0.2, 0.25) is 0 Å². The zero-order valence-corrected chi connectivity index (χ0v) is 10.3. The summed E-state index contributed by atoms with van der Waals surface area (Å²) in [6, 6.07) is 0. The molecule has 1 aliphatic carbocycles. The molecule has 1 saturated carbocycles. The van der Waals surface area contributed by atoms with Gasteiger partial charge in [0.15, 0.2) is 5.79 Å². The highest BCUT2D eigenvalue weighted by molar-refractivity contribution is 5.65. The largest absolute Gasteiger partial charge is 0.465 e. The summed E-state index contributed by atoms with van der Waals surface area (Å²) >= 11 is 0. The monoisotopic (exact) mass is 242 g/mol. The molecular weight excluding hydrogens is 224 g/mol. The molecule has 2 saturated heterocycles. The molecule has 3 aliphatic rings. The van der Waals surface area contributed by atoms with Gasteiger partial charge in [0.05, 0.1) is 18.8 Å². The van der Waals surface area contributed by atoms with Crippen molar-refractivity contribution >= 4 is 5.97 Å². The maximum Gasteiger partial charge on any atom is 0.302 e. The number of hydrogen-bond donors (Lipinski definition) is 0. The zero-order chi connectivity index (χ0) is 12.2. The SMILES string of the molecule is CC(=O)OC[C@H]1C[C@@H]2O[C@@H]2[C@H]2OC(C)(C)O[C@@H]12. The first-order chi connectivity index (χ1) is 7.96. The number of carbonyl (C=O) groups excluding carboxylic acids is 1. The quantitative estimate of drug-likeness (QED) is 0.531. The van der Waals surface area contributed by atoms with Gasteiger partial charge in [-0.1, -0.05) is 0 Å². The minimum absolute atomic E-state index is 0.00990. The Morgan fingerprint density at radius 1 is 1.29 bits per heavy atom. The second-order valence-electron chi connectivity index (χ2n) is 5.50. The number of fused-ring (bicyclic) bond motifs is 3. The Morgan fingerprint density at radius 3 is 2.71 bits per heavy atom. The highest BCUT2D eigenvalue weighted by atomic mass is 16.8. The third-order valence-electron chi connectivity index (χ3n) is 3.61. The van der Waals surface area contributed by atoms with E-state index in [1.807, 2.05) is 13.8 Å². The van der Waals surface area contributed by atoms with Crippen LogP contribution in [0, 0.1) is 5.92 Å². The third kappa shape index (κ3) is 2.07. The van der Waals surface area contributed by atoms with E-state index < -0.39 is 5.79 Å². The Balaban J connectivity index is 1.70. The summed E-state index contributed by atoms with van der Waals surface area (Å²) in [5.41, 5.74) is 0. The molecule has 2 aliphatic heterocycles. The molecule has 0 bridgehead atoms. The lowest BCUT2D eigenvalue weighted by molar-refractivity contribution is -0.156. The maximum absolute atomic E-state index is 10.9. The molecule has 96 valence electrons. The fourth-order valence-electron chi connectivity index (χ4n) is 2.89. The van der Waals surface area contributed by atoms with Gasteiger partial charge < -0.3 is 18.9 Å². The van der Waals surface area contributed by atoms with E-state index in [0.29, 0.717) is 6.61 Å². The second kappa shape index (κ2) is 3.67. The standard InChI is InChI=1S/C12H18O5/c1-6(13)14-5-7-4-8-10(15-8)11-9(7)16-12(2,3)17-11/h7-11H,4-5H2,1-3H3/t7-,8+,9+,10+,11+/m1/s1. The molecule has 0 radical (unpaired) electrons. The summed E-state index contributed by atoms with van der Waals surface area (Å²) in [5, 5.41) is 0. The van der Waals surface area contributed by atoms with Crippen molar-refractivity contribution in [3.8, 4) is 0 Å². The van der Waals surface area contributed by atoms with Gasteiger partial charge in [-0.3, -0.25) is 4.79 Å². The van der Waals surface area contributed by atoms with Crippen molar-refractivity contribution in [2.75, 3.05) is 6.61 Å². The first-order valence-electron chi connectivity index (χ1n) is 6.11. The summed E-state index contributed by atoms with van der Waals surface area (Å²) in [6.07, 6.45) is 1.29. The lowest BCUT2D eigenvalue weighted by Crippen LogP contribution is -2.42. The van der Waals surface area contributed by atoms with Crippen molar-refractivity contribution in [2.24, 2.45) is 5.92 Å². The Bertz CT molecular complexity index is 340. The first-order valence-corrected chi connectivity index (χ1v) is 6.11. The van der Waals surface area contributed by atoms with Crippen LogP contribution in [-0.2, 0) is 23.7 Å².